The number of rotatable bonds is 5. The van der Waals surface area contributed by atoms with Gasteiger partial charge >= 0.3 is 0 Å². The largest absolute Gasteiger partial charge is 0.379 e. The fourth-order valence-corrected chi connectivity index (χ4v) is 5.04. The van der Waals surface area contributed by atoms with Crippen LogP contribution in [0.5, 0.6) is 0 Å². The lowest BCUT2D eigenvalue weighted by Gasteiger charge is -2.27. The van der Waals surface area contributed by atoms with Gasteiger partial charge in [-0.1, -0.05) is 41.4 Å². The molecule has 6 nitrogen and oxygen atoms in total. The quantitative estimate of drug-likeness (QED) is 0.712. The van der Waals surface area contributed by atoms with Gasteiger partial charge in [-0.25, -0.2) is 8.42 Å². The van der Waals surface area contributed by atoms with E-state index in [1.165, 1.54) is 21.3 Å². The topological polar surface area (TPSA) is 66.9 Å². The number of carbonyl (C=O) groups is 1. The fraction of sp³-hybridized carbons (Fsp3) is 0.316. The first kappa shape index (κ1) is 21.1. The van der Waals surface area contributed by atoms with E-state index in [1.807, 2.05) is 0 Å². The zero-order chi connectivity index (χ0) is 20.3. The maximum absolute atomic E-state index is 13.0. The Bertz CT molecular complexity index is 976. The first-order valence-corrected chi connectivity index (χ1v) is 10.9. The van der Waals surface area contributed by atoms with Crippen LogP contribution < -0.4 is 0 Å². The molecule has 0 spiro atoms. The van der Waals surface area contributed by atoms with Crippen molar-refractivity contribution in [3.63, 3.8) is 0 Å². The number of hydrogen-bond acceptors (Lipinski definition) is 4. The third-order valence-corrected chi connectivity index (χ3v) is 7.02. The smallest absolute Gasteiger partial charge is 0.255 e. The van der Waals surface area contributed by atoms with Crippen molar-refractivity contribution < 1.29 is 17.9 Å². The van der Waals surface area contributed by atoms with Crippen LogP contribution in [-0.4, -0.2) is 56.9 Å². The van der Waals surface area contributed by atoms with E-state index < -0.39 is 15.9 Å². The highest BCUT2D eigenvalue weighted by molar-refractivity contribution is 7.89. The monoisotopic (exact) mass is 442 g/mol. The third kappa shape index (κ3) is 4.50. The number of benzene rings is 2. The van der Waals surface area contributed by atoms with Crippen LogP contribution in [0.15, 0.2) is 47.4 Å². The molecule has 0 aromatic heterocycles. The van der Waals surface area contributed by atoms with Crippen LogP contribution in [0.4, 0.5) is 0 Å². The Balaban J connectivity index is 1.88. The van der Waals surface area contributed by atoms with Crippen molar-refractivity contribution in [1.82, 2.24) is 9.21 Å². The summed E-state index contributed by atoms with van der Waals surface area (Å²) in [6, 6.07) is 11.3. The van der Waals surface area contributed by atoms with Crippen molar-refractivity contribution in [1.29, 1.82) is 0 Å². The second-order valence-electron chi connectivity index (χ2n) is 6.41. The van der Waals surface area contributed by atoms with Gasteiger partial charge in [0, 0.05) is 36.7 Å². The Labute approximate surface area is 174 Å². The average Bonchev–Trinajstić information content (AvgIpc) is 2.70. The fourth-order valence-electron chi connectivity index (χ4n) is 2.98. The third-order valence-electron chi connectivity index (χ3n) is 4.47. The normalized spacial score (nSPS) is 15.4. The standard InChI is InChI=1S/C19H20Cl2N2O4S/c1-22(13-14-6-7-15(20)12-17(14)21)19(24)16-4-2-3-5-18(16)28(25,26)23-8-10-27-11-9-23/h2-7,12H,8-11,13H2,1H3. The number of carbonyl (C=O) groups excluding carboxylic acids is 1. The van der Waals surface area contributed by atoms with Crippen molar-refractivity contribution >= 4 is 39.1 Å². The van der Waals surface area contributed by atoms with Gasteiger partial charge in [0.25, 0.3) is 5.91 Å². The van der Waals surface area contributed by atoms with Crippen LogP contribution >= 0.6 is 23.2 Å². The predicted molar refractivity (Wildman–Crippen MR) is 108 cm³/mol. The van der Waals surface area contributed by atoms with E-state index in [4.69, 9.17) is 27.9 Å². The molecule has 0 N–H and O–H groups in total. The van der Waals surface area contributed by atoms with Crippen molar-refractivity contribution in [3.8, 4) is 0 Å². The molecule has 0 atom stereocenters. The molecule has 1 amide bonds. The van der Waals surface area contributed by atoms with Crippen molar-refractivity contribution in [2.75, 3.05) is 33.4 Å². The van der Waals surface area contributed by atoms with E-state index in [0.717, 1.165) is 5.56 Å². The second kappa shape index (κ2) is 8.80. The van der Waals surface area contributed by atoms with Crippen molar-refractivity contribution in [3.05, 3.63) is 63.6 Å². The first-order chi connectivity index (χ1) is 13.3. The highest BCUT2D eigenvalue weighted by Gasteiger charge is 2.30. The van der Waals surface area contributed by atoms with Crippen LogP contribution in [0.3, 0.4) is 0 Å². The van der Waals surface area contributed by atoms with E-state index in [-0.39, 0.29) is 30.1 Å². The molecule has 0 radical (unpaired) electrons. The number of halogens is 2. The number of sulfonamides is 1. The van der Waals surface area contributed by atoms with Gasteiger partial charge in [0.05, 0.1) is 23.7 Å². The Morgan fingerprint density at radius 1 is 1.14 bits per heavy atom. The molecule has 1 heterocycles. The SMILES string of the molecule is CN(Cc1ccc(Cl)cc1Cl)C(=O)c1ccccc1S(=O)(=O)N1CCOCC1. The van der Waals surface area contributed by atoms with E-state index in [1.54, 1.807) is 37.4 Å². The molecule has 0 bridgehead atoms. The summed E-state index contributed by atoms with van der Waals surface area (Å²) < 4.78 is 32.7. The molecular formula is C19H20Cl2N2O4S. The second-order valence-corrected chi connectivity index (χ2v) is 9.16. The molecule has 2 aromatic carbocycles. The van der Waals surface area contributed by atoms with E-state index in [0.29, 0.717) is 23.3 Å². The molecule has 28 heavy (non-hydrogen) atoms. The van der Waals surface area contributed by atoms with Crippen LogP contribution in [0, 0.1) is 0 Å². The minimum absolute atomic E-state index is 0.00375. The van der Waals surface area contributed by atoms with Gasteiger partial charge in [0.2, 0.25) is 10.0 Å². The van der Waals surface area contributed by atoms with Crippen LogP contribution in [0.1, 0.15) is 15.9 Å². The predicted octanol–water partition coefficient (Wildman–Crippen LogP) is 3.29. The van der Waals surface area contributed by atoms with Gasteiger partial charge in [0.1, 0.15) is 0 Å². The zero-order valence-corrected chi connectivity index (χ0v) is 17.6. The number of morpholine rings is 1. The van der Waals surface area contributed by atoms with Gasteiger partial charge in [0.15, 0.2) is 0 Å². The van der Waals surface area contributed by atoms with Crippen LogP contribution in [-0.2, 0) is 21.3 Å². The van der Waals surface area contributed by atoms with E-state index in [9.17, 15) is 13.2 Å². The molecule has 9 heteroatoms. The first-order valence-electron chi connectivity index (χ1n) is 8.67. The number of hydrogen-bond donors (Lipinski definition) is 0. The highest BCUT2D eigenvalue weighted by atomic mass is 35.5. The van der Waals surface area contributed by atoms with Crippen LogP contribution in [0.2, 0.25) is 10.0 Å². The highest BCUT2D eigenvalue weighted by Crippen LogP contribution is 2.25. The summed E-state index contributed by atoms with van der Waals surface area (Å²) >= 11 is 12.1. The summed E-state index contributed by atoms with van der Waals surface area (Å²) in [5, 5.41) is 0.950. The summed E-state index contributed by atoms with van der Waals surface area (Å²) in [6.07, 6.45) is 0. The van der Waals surface area contributed by atoms with Crippen molar-refractivity contribution in [2.24, 2.45) is 0 Å². The molecule has 1 aliphatic heterocycles. The lowest BCUT2D eigenvalue weighted by atomic mass is 10.1. The molecule has 1 aliphatic rings. The molecule has 0 aliphatic carbocycles. The number of ether oxygens (including phenoxy) is 1. The van der Waals surface area contributed by atoms with Crippen molar-refractivity contribution in [2.45, 2.75) is 11.4 Å². The summed E-state index contributed by atoms with van der Waals surface area (Å²) in [7, 11) is -2.19. The molecule has 0 unspecified atom stereocenters. The van der Waals surface area contributed by atoms with Gasteiger partial charge < -0.3 is 9.64 Å². The summed E-state index contributed by atoms with van der Waals surface area (Å²) in [4.78, 5) is 14.5. The Morgan fingerprint density at radius 2 is 1.82 bits per heavy atom. The molecule has 150 valence electrons. The van der Waals surface area contributed by atoms with E-state index >= 15 is 0 Å². The number of amides is 1. The lowest BCUT2D eigenvalue weighted by molar-refractivity contribution is 0.0727. The van der Waals surface area contributed by atoms with Gasteiger partial charge in [-0.05, 0) is 29.8 Å². The maximum Gasteiger partial charge on any atom is 0.255 e. The average molecular weight is 443 g/mol. The summed E-state index contributed by atoms with van der Waals surface area (Å²) in [5.41, 5.74) is 0.844. The molecule has 0 saturated carbocycles. The number of nitrogens with zero attached hydrogens (tertiary/aromatic N) is 2. The Kier molecular flexibility index (Phi) is 6.62. The zero-order valence-electron chi connectivity index (χ0n) is 15.3. The molecule has 1 fully saturated rings. The molecular weight excluding hydrogens is 423 g/mol. The minimum Gasteiger partial charge on any atom is -0.379 e. The van der Waals surface area contributed by atoms with Gasteiger partial charge in [-0.3, -0.25) is 4.79 Å². The Morgan fingerprint density at radius 3 is 2.50 bits per heavy atom. The van der Waals surface area contributed by atoms with Gasteiger partial charge in [-0.2, -0.15) is 4.31 Å². The van der Waals surface area contributed by atoms with Crippen LogP contribution in [0.25, 0.3) is 0 Å². The molecule has 2 aromatic rings. The lowest BCUT2D eigenvalue weighted by Crippen LogP contribution is -2.41. The minimum atomic E-state index is -3.80. The molecule has 3 rings (SSSR count). The molecule has 1 saturated heterocycles. The van der Waals surface area contributed by atoms with Gasteiger partial charge in [-0.15, -0.1) is 0 Å². The summed E-state index contributed by atoms with van der Waals surface area (Å²) in [6.45, 7) is 1.43. The summed E-state index contributed by atoms with van der Waals surface area (Å²) in [5.74, 6) is -0.404. The van der Waals surface area contributed by atoms with E-state index in [2.05, 4.69) is 0 Å². The Hall–Kier alpha value is -1.64. The maximum atomic E-state index is 13.0.